The zero-order valence-electron chi connectivity index (χ0n) is 8.21. The number of nitrogens with zero attached hydrogens (tertiary/aromatic N) is 2. The number of hydrogen-bond acceptors (Lipinski definition) is 2. The van der Waals surface area contributed by atoms with Gasteiger partial charge in [0, 0.05) is 12.7 Å². The first kappa shape index (κ1) is 9.49. The topological polar surface area (TPSA) is 29.3 Å². The van der Waals surface area contributed by atoms with E-state index in [0.717, 1.165) is 17.9 Å². The number of aryl methyl sites for hydroxylation is 1. The molecule has 0 unspecified atom stereocenters. The molecule has 1 N–H and O–H groups in total. The number of hydrogen-bond donors (Lipinski definition) is 1. The van der Waals surface area contributed by atoms with Crippen LogP contribution in [0.1, 0.15) is 11.3 Å². The quantitative estimate of drug-likeness (QED) is 0.820. The second-order valence-corrected chi connectivity index (χ2v) is 3.64. The first-order valence-corrected chi connectivity index (χ1v) is 4.88. The van der Waals surface area contributed by atoms with Crippen molar-refractivity contribution in [3.63, 3.8) is 0 Å². The molecule has 0 fully saturated rings. The van der Waals surface area contributed by atoms with Gasteiger partial charge >= 0.3 is 0 Å². The molecule has 0 aromatic carbocycles. The van der Waals surface area contributed by atoms with E-state index in [0.29, 0.717) is 5.15 Å². The molecule has 0 spiro atoms. The molecule has 0 amide bonds. The summed E-state index contributed by atoms with van der Waals surface area (Å²) < 4.78 is 1.91. The summed E-state index contributed by atoms with van der Waals surface area (Å²) in [5.41, 5.74) is 2.96. The highest BCUT2D eigenvalue weighted by molar-refractivity contribution is 6.30. The van der Waals surface area contributed by atoms with Crippen molar-refractivity contribution in [2.45, 2.75) is 13.5 Å². The molecule has 2 aromatic rings. The predicted molar refractivity (Wildman–Crippen MR) is 57.7 cm³/mol. The molecule has 0 saturated heterocycles. The summed E-state index contributed by atoms with van der Waals surface area (Å²) in [6.07, 6.45) is 2.01. The molecule has 0 aliphatic carbocycles. The summed E-state index contributed by atoms with van der Waals surface area (Å²) in [7, 11) is 1.92. The number of halogens is 1. The lowest BCUT2D eigenvalue weighted by atomic mass is 10.3. The second-order valence-electron chi connectivity index (χ2n) is 3.28. The van der Waals surface area contributed by atoms with Crippen LogP contribution in [0, 0.1) is 6.92 Å². The van der Waals surface area contributed by atoms with Crippen molar-refractivity contribution in [2.24, 2.45) is 0 Å². The van der Waals surface area contributed by atoms with Crippen molar-refractivity contribution in [3.05, 3.63) is 34.7 Å². The van der Waals surface area contributed by atoms with Gasteiger partial charge in [-0.3, -0.25) is 4.40 Å². The summed E-state index contributed by atoms with van der Waals surface area (Å²) in [5.74, 6) is 0. The molecule has 0 saturated carbocycles. The van der Waals surface area contributed by atoms with Crippen molar-refractivity contribution in [1.82, 2.24) is 14.7 Å². The minimum absolute atomic E-state index is 0.693. The lowest BCUT2D eigenvalue weighted by Gasteiger charge is -2.01. The molecule has 2 aromatic heterocycles. The van der Waals surface area contributed by atoms with Gasteiger partial charge in [-0.25, -0.2) is 4.98 Å². The van der Waals surface area contributed by atoms with Crippen LogP contribution in [0.5, 0.6) is 0 Å². The smallest absolute Gasteiger partial charge is 0.138 e. The zero-order valence-corrected chi connectivity index (χ0v) is 8.97. The second kappa shape index (κ2) is 3.59. The van der Waals surface area contributed by atoms with E-state index in [9.17, 15) is 0 Å². The minimum atomic E-state index is 0.693. The van der Waals surface area contributed by atoms with Gasteiger partial charge in [0.2, 0.25) is 0 Å². The highest BCUT2D eigenvalue weighted by Gasteiger charge is 2.05. The van der Waals surface area contributed by atoms with Crippen LogP contribution in [-0.2, 0) is 6.54 Å². The molecule has 74 valence electrons. The van der Waals surface area contributed by atoms with E-state index < -0.39 is 0 Å². The first-order valence-electron chi connectivity index (χ1n) is 4.50. The maximum Gasteiger partial charge on any atom is 0.138 e. The Balaban J connectivity index is 2.58. The molecule has 0 atom stereocenters. The molecule has 2 rings (SSSR count). The normalized spacial score (nSPS) is 11.1. The fourth-order valence-electron chi connectivity index (χ4n) is 1.49. The molecule has 0 bridgehead atoms. The lowest BCUT2D eigenvalue weighted by Crippen LogP contribution is -2.05. The number of aromatic nitrogens is 2. The summed E-state index contributed by atoms with van der Waals surface area (Å²) in [4.78, 5) is 4.32. The molecule has 0 aliphatic heterocycles. The maximum absolute atomic E-state index is 6.09. The third kappa shape index (κ3) is 1.49. The molecular weight excluding hydrogens is 198 g/mol. The van der Waals surface area contributed by atoms with E-state index in [4.69, 9.17) is 11.6 Å². The highest BCUT2D eigenvalue weighted by atomic mass is 35.5. The monoisotopic (exact) mass is 209 g/mol. The molecular formula is C10H12ClN3. The van der Waals surface area contributed by atoms with Gasteiger partial charge in [0.05, 0.1) is 5.69 Å². The zero-order chi connectivity index (χ0) is 10.1. The van der Waals surface area contributed by atoms with Crippen LogP contribution in [0.4, 0.5) is 0 Å². The number of fused-ring (bicyclic) bond motifs is 1. The van der Waals surface area contributed by atoms with E-state index in [1.807, 2.05) is 30.6 Å². The van der Waals surface area contributed by atoms with E-state index in [-0.39, 0.29) is 0 Å². The molecule has 0 radical (unpaired) electrons. The number of pyridine rings is 1. The maximum atomic E-state index is 6.09. The van der Waals surface area contributed by atoms with Crippen molar-refractivity contribution in [3.8, 4) is 0 Å². The van der Waals surface area contributed by atoms with Crippen LogP contribution in [0.25, 0.3) is 5.65 Å². The molecule has 0 aliphatic rings. The van der Waals surface area contributed by atoms with Crippen LogP contribution >= 0.6 is 11.6 Å². The standard InChI is InChI=1S/C10H12ClN3/c1-7-10(11)14-6-8(5-12-2)3-4-9(14)13-7/h3-4,6,12H,5H2,1-2H3. The van der Waals surface area contributed by atoms with Crippen LogP contribution in [0.3, 0.4) is 0 Å². The summed E-state index contributed by atoms with van der Waals surface area (Å²) >= 11 is 6.09. The van der Waals surface area contributed by atoms with Crippen molar-refractivity contribution in [1.29, 1.82) is 0 Å². The van der Waals surface area contributed by atoms with Crippen LogP contribution in [0.15, 0.2) is 18.3 Å². The summed E-state index contributed by atoms with van der Waals surface area (Å²) in [5, 5.41) is 3.79. The average molecular weight is 210 g/mol. The Morgan fingerprint density at radius 2 is 2.29 bits per heavy atom. The Kier molecular flexibility index (Phi) is 2.44. The number of imidazole rings is 1. The van der Waals surface area contributed by atoms with E-state index in [1.54, 1.807) is 0 Å². The number of nitrogens with one attached hydrogen (secondary N) is 1. The fourth-order valence-corrected chi connectivity index (χ4v) is 1.66. The Hall–Kier alpha value is -1.06. The summed E-state index contributed by atoms with van der Waals surface area (Å²) in [6, 6.07) is 4.03. The van der Waals surface area contributed by atoms with Crippen molar-refractivity contribution < 1.29 is 0 Å². The van der Waals surface area contributed by atoms with E-state index in [1.165, 1.54) is 5.56 Å². The Morgan fingerprint density at radius 3 is 3.00 bits per heavy atom. The largest absolute Gasteiger partial charge is 0.316 e. The Morgan fingerprint density at radius 1 is 1.50 bits per heavy atom. The molecule has 3 nitrogen and oxygen atoms in total. The van der Waals surface area contributed by atoms with E-state index in [2.05, 4.69) is 16.4 Å². The van der Waals surface area contributed by atoms with Gasteiger partial charge in [-0.05, 0) is 25.6 Å². The van der Waals surface area contributed by atoms with Crippen LogP contribution < -0.4 is 5.32 Å². The first-order chi connectivity index (χ1) is 6.72. The van der Waals surface area contributed by atoms with Gasteiger partial charge in [0.25, 0.3) is 0 Å². The van der Waals surface area contributed by atoms with Gasteiger partial charge in [-0.1, -0.05) is 17.7 Å². The van der Waals surface area contributed by atoms with Gasteiger partial charge in [0.1, 0.15) is 10.8 Å². The molecule has 4 heteroatoms. The Bertz CT molecular complexity index is 462. The van der Waals surface area contributed by atoms with Gasteiger partial charge in [0.15, 0.2) is 0 Å². The molecule has 14 heavy (non-hydrogen) atoms. The van der Waals surface area contributed by atoms with E-state index >= 15 is 0 Å². The Labute approximate surface area is 87.7 Å². The number of rotatable bonds is 2. The average Bonchev–Trinajstić information content (AvgIpc) is 2.45. The van der Waals surface area contributed by atoms with Gasteiger partial charge in [-0.2, -0.15) is 0 Å². The third-order valence-electron chi connectivity index (χ3n) is 2.16. The van der Waals surface area contributed by atoms with Crippen molar-refractivity contribution in [2.75, 3.05) is 7.05 Å². The van der Waals surface area contributed by atoms with Crippen LogP contribution in [-0.4, -0.2) is 16.4 Å². The third-order valence-corrected chi connectivity index (χ3v) is 2.62. The van der Waals surface area contributed by atoms with Gasteiger partial charge in [-0.15, -0.1) is 0 Å². The lowest BCUT2D eigenvalue weighted by molar-refractivity contribution is 0.811. The summed E-state index contributed by atoms with van der Waals surface area (Å²) in [6.45, 7) is 2.75. The predicted octanol–water partition coefficient (Wildman–Crippen LogP) is 2.02. The fraction of sp³-hybridized carbons (Fsp3) is 0.300. The SMILES string of the molecule is CNCc1ccc2nc(C)c(Cl)n2c1. The van der Waals surface area contributed by atoms with Crippen LogP contribution in [0.2, 0.25) is 5.15 Å². The highest BCUT2D eigenvalue weighted by Crippen LogP contribution is 2.17. The van der Waals surface area contributed by atoms with Crippen molar-refractivity contribution >= 4 is 17.2 Å². The molecule has 2 heterocycles. The minimum Gasteiger partial charge on any atom is -0.316 e. The van der Waals surface area contributed by atoms with Gasteiger partial charge < -0.3 is 5.32 Å².